The van der Waals surface area contributed by atoms with E-state index in [0.29, 0.717) is 12.1 Å². The number of nitrogens with one attached hydrogen (secondary N) is 1. The molecule has 1 aromatic rings. The highest BCUT2D eigenvalue weighted by molar-refractivity contribution is 8.00. The van der Waals surface area contributed by atoms with Crippen LogP contribution in [0.4, 0.5) is 0 Å². The molecular weight excluding hydrogens is 276 g/mol. The molecule has 2 nitrogen and oxygen atoms in total. The van der Waals surface area contributed by atoms with Gasteiger partial charge in [0, 0.05) is 36.2 Å². The molecule has 21 heavy (non-hydrogen) atoms. The standard InChI is InChI=1S/C18H30N2S/c1-5-19-18(17-8-6-7-14(2)13-17)9-10-20-11-12-21-16(4)15(20)3/h6-8,13,15-16,18-19H,5,9-12H2,1-4H3. The fourth-order valence-electron chi connectivity index (χ4n) is 3.13. The zero-order valence-corrected chi connectivity index (χ0v) is 14.7. The van der Waals surface area contributed by atoms with Crippen molar-refractivity contribution >= 4 is 11.8 Å². The number of benzene rings is 1. The Morgan fingerprint density at radius 2 is 2.19 bits per heavy atom. The van der Waals surface area contributed by atoms with Gasteiger partial charge in [0.15, 0.2) is 0 Å². The van der Waals surface area contributed by atoms with Crippen LogP contribution in [0.25, 0.3) is 0 Å². The van der Waals surface area contributed by atoms with E-state index >= 15 is 0 Å². The predicted molar refractivity (Wildman–Crippen MR) is 95.2 cm³/mol. The van der Waals surface area contributed by atoms with Crippen molar-refractivity contribution in [2.45, 2.75) is 51.4 Å². The number of nitrogens with zero attached hydrogens (tertiary/aromatic N) is 1. The highest BCUT2D eigenvalue weighted by atomic mass is 32.2. The van der Waals surface area contributed by atoms with Crippen molar-refractivity contribution in [3.8, 4) is 0 Å². The Balaban J connectivity index is 1.97. The van der Waals surface area contributed by atoms with Crippen molar-refractivity contribution in [2.75, 3.05) is 25.4 Å². The molecule has 3 unspecified atom stereocenters. The molecule has 0 saturated carbocycles. The molecule has 1 aliphatic rings. The largest absolute Gasteiger partial charge is 0.310 e. The van der Waals surface area contributed by atoms with Gasteiger partial charge in [-0.05, 0) is 32.4 Å². The second-order valence-corrected chi connectivity index (χ2v) is 7.65. The molecule has 0 aliphatic carbocycles. The third kappa shape index (κ3) is 4.73. The van der Waals surface area contributed by atoms with Gasteiger partial charge in [0.1, 0.15) is 0 Å². The van der Waals surface area contributed by atoms with Crippen LogP contribution in [0.15, 0.2) is 24.3 Å². The molecule has 1 heterocycles. The SMILES string of the molecule is CCNC(CCN1CCSC(C)C1C)c1cccc(C)c1. The van der Waals surface area contributed by atoms with E-state index in [1.54, 1.807) is 0 Å². The summed E-state index contributed by atoms with van der Waals surface area (Å²) in [6, 6.07) is 10.1. The second-order valence-electron chi connectivity index (χ2n) is 6.17. The minimum atomic E-state index is 0.479. The molecule has 0 amide bonds. The van der Waals surface area contributed by atoms with E-state index in [2.05, 4.69) is 73.9 Å². The first kappa shape index (κ1) is 16.9. The quantitative estimate of drug-likeness (QED) is 0.859. The van der Waals surface area contributed by atoms with Gasteiger partial charge in [-0.25, -0.2) is 0 Å². The molecule has 1 aliphatic heterocycles. The van der Waals surface area contributed by atoms with E-state index in [-0.39, 0.29) is 0 Å². The van der Waals surface area contributed by atoms with Crippen LogP contribution in [0.3, 0.4) is 0 Å². The Hall–Kier alpha value is -0.510. The Bertz CT molecular complexity index is 435. The van der Waals surface area contributed by atoms with Crippen LogP contribution in [0.1, 0.15) is 44.4 Å². The van der Waals surface area contributed by atoms with Crippen LogP contribution in [-0.2, 0) is 0 Å². The first-order valence-corrected chi connectivity index (χ1v) is 9.32. The third-order valence-corrected chi connectivity index (χ3v) is 5.95. The Morgan fingerprint density at radius 3 is 2.90 bits per heavy atom. The summed E-state index contributed by atoms with van der Waals surface area (Å²) in [5.74, 6) is 1.28. The van der Waals surface area contributed by atoms with E-state index < -0.39 is 0 Å². The zero-order valence-electron chi connectivity index (χ0n) is 13.9. The fraction of sp³-hybridized carbons (Fsp3) is 0.667. The van der Waals surface area contributed by atoms with Gasteiger partial charge in [0.25, 0.3) is 0 Å². The van der Waals surface area contributed by atoms with E-state index in [1.165, 1.54) is 36.4 Å². The van der Waals surface area contributed by atoms with Gasteiger partial charge in [-0.15, -0.1) is 0 Å². The van der Waals surface area contributed by atoms with Crippen molar-refractivity contribution in [1.82, 2.24) is 10.2 Å². The van der Waals surface area contributed by atoms with Crippen LogP contribution >= 0.6 is 11.8 Å². The van der Waals surface area contributed by atoms with Gasteiger partial charge >= 0.3 is 0 Å². The van der Waals surface area contributed by atoms with Crippen molar-refractivity contribution in [2.24, 2.45) is 0 Å². The lowest BCUT2D eigenvalue weighted by molar-refractivity contribution is 0.202. The summed E-state index contributed by atoms with van der Waals surface area (Å²) in [4.78, 5) is 2.67. The van der Waals surface area contributed by atoms with Crippen LogP contribution < -0.4 is 5.32 Å². The Labute approximate surface area is 134 Å². The van der Waals surface area contributed by atoms with Crippen LogP contribution in [-0.4, -0.2) is 41.6 Å². The lowest BCUT2D eigenvalue weighted by Crippen LogP contribution is -2.45. The van der Waals surface area contributed by atoms with E-state index in [4.69, 9.17) is 0 Å². The molecule has 2 rings (SSSR count). The summed E-state index contributed by atoms with van der Waals surface area (Å²) in [6.07, 6.45) is 1.19. The van der Waals surface area contributed by atoms with Gasteiger partial charge in [0.05, 0.1) is 0 Å². The van der Waals surface area contributed by atoms with Crippen molar-refractivity contribution in [3.63, 3.8) is 0 Å². The second kappa shape index (κ2) is 8.21. The number of rotatable bonds is 6. The first-order chi connectivity index (χ1) is 10.1. The molecular formula is C18H30N2S. The number of aryl methyl sites for hydroxylation is 1. The smallest absolute Gasteiger partial charge is 0.0332 e. The highest BCUT2D eigenvalue weighted by Crippen LogP contribution is 2.26. The molecule has 0 bridgehead atoms. The van der Waals surface area contributed by atoms with Crippen molar-refractivity contribution in [3.05, 3.63) is 35.4 Å². The zero-order chi connectivity index (χ0) is 15.2. The molecule has 1 saturated heterocycles. The minimum Gasteiger partial charge on any atom is -0.310 e. The van der Waals surface area contributed by atoms with E-state index in [9.17, 15) is 0 Å². The molecule has 1 fully saturated rings. The predicted octanol–water partition coefficient (Wildman–Crippen LogP) is 3.86. The van der Waals surface area contributed by atoms with Gasteiger partial charge in [-0.2, -0.15) is 11.8 Å². The van der Waals surface area contributed by atoms with Gasteiger partial charge in [-0.3, -0.25) is 4.90 Å². The monoisotopic (exact) mass is 306 g/mol. The van der Waals surface area contributed by atoms with Crippen molar-refractivity contribution in [1.29, 1.82) is 0 Å². The molecule has 0 aromatic heterocycles. The van der Waals surface area contributed by atoms with Crippen LogP contribution in [0.2, 0.25) is 0 Å². The maximum Gasteiger partial charge on any atom is 0.0332 e. The number of hydrogen-bond acceptors (Lipinski definition) is 3. The topological polar surface area (TPSA) is 15.3 Å². The fourth-order valence-corrected chi connectivity index (χ4v) is 4.29. The minimum absolute atomic E-state index is 0.479. The summed E-state index contributed by atoms with van der Waals surface area (Å²) in [6.45, 7) is 12.6. The summed E-state index contributed by atoms with van der Waals surface area (Å²) >= 11 is 2.12. The molecule has 3 heteroatoms. The van der Waals surface area contributed by atoms with Crippen LogP contribution in [0, 0.1) is 6.92 Å². The third-order valence-electron chi connectivity index (χ3n) is 4.61. The summed E-state index contributed by atoms with van der Waals surface area (Å²) in [7, 11) is 0. The molecule has 1 N–H and O–H groups in total. The van der Waals surface area contributed by atoms with E-state index in [1.807, 2.05) is 0 Å². The van der Waals surface area contributed by atoms with E-state index in [0.717, 1.165) is 11.8 Å². The van der Waals surface area contributed by atoms with Crippen molar-refractivity contribution < 1.29 is 0 Å². The average Bonchev–Trinajstić information content (AvgIpc) is 2.47. The van der Waals surface area contributed by atoms with Gasteiger partial charge in [0.2, 0.25) is 0 Å². The molecule has 1 aromatic carbocycles. The molecule has 3 atom stereocenters. The lowest BCUT2D eigenvalue weighted by Gasteiger charge is -2.38. The van der Waals surface area contributed by atoms with Gasteiger partial charge in [-0.1, -0.05) is 43.7 Å². The molecule has 0 spiro atoms. The lowest BCUT2D eigenvalue weighted by atomic mass is 10.0. The Kier molecular flexibility index (Phi) is 6.59. The summed E-state index contributed by atoms with van der Waals surface area (Å²) in [5, 5.41) is 4.42. The number of hydrogen-bond donors (Lipinski definition) is 1. The molecule has 118 valence electrons. The summed E-state index contributed by atoms with van der Waals surface area (Å²) < 4.78 is 0. The van der Waals surface area contributed by atoms with Gasteiger partial charge < -0.3 is 5.32 Å². The average molecular weight is 307 g/mol. The van der Waals surface area contributed by atoms with Crippen LogP contribution in [0.5, 0.6) is 0 Å². The normalized spacial score (nSPS) is 25.0. The maximum atomic E-state index is 3.66. The highest BCUT2D eigenvalue weighted by Gasteiger charge is 2.25. The maximum absolute atomic E-state index is 3.66. The first-order valence-electron chi connectivity index (χ1n) is 8.27. The Morgan fingerprint density at radius 1 is 1.38 bits per heavy atom. The summed E-state index contributed by atoms with van der Waals surface area (Å²) in [5.41, 5.74) is 2.79. The number of thioether (sulfide) groups is 1. The molecule has 0 radical (unpaired) electrons.